The molecule has 0 unspecified atom stereocenters. The number of ketones is 1. The molecule has 0 spiro atoms. The van der Waals surface area contributed by atoms with Crippen molar-refractivity contribution in [1.29, 1.82) is 0 Å². The second kappa shape index (κ2) is 7.67. The van der Waals surface area contributed by atoms with E-state index in [0.717, 1.165) is 42.2 Å². The van der Waals surface area contributed by atoms with Gasteiger partial charge in [0.1, 0.15) is 11.6 Å². The first kappa shape index (κ1) is 17.9. The van der Waals surface area contributed by atoms with E-state index in [0.29, 0.717) is 26.1 Å². The fourth-order valence-electron chi connectivity index (χ4n) is 3.96. The quantitative estimate of drug-likeness (QED) is 0.549. The number of ether oxygens (including phenoxy) is 1. The van der Waals surface area contributed by atoms with Gasteiger partial charge in [-0.1, -0.05) is 18.2 Å². The van der Waals surface area contributed by atoms with Crippen molar-refractivity contribution in [3.8, 4) is 0 Å². The molecule has 0 aliphatic carbocycles. The van der Waals surface area contributed by atoms with Crippen molar-refractivity contribution < 1.29 is 9.53 Å². The van der Waals surface area contributed by atoms with Gasteiger partial charge in [-0.15, -0.1) is 0 Å². The summed E-state index contributed by atoms with van der Waals surface area (Å²) in [6.45, 7) is 3.02. The minimum Gasteiger partial charge on any atom is -0.378 e. The number of H-pyrrole nitrogens is 1. The number of para-hydroxylation sites is 1. The van der Waals surface area contributed by atoms with Crippen LogP contribution >= 0.6 is 0 Å². The Morgan fingerprint density at radius 3 is 2.93 bits per heavy atom. The minimum atomic E-state index is 0.194. The molecule has 3 aromatic heterocycles. The molecule has 1 aromatic carbocycles. The van der Waals surface area contributed by atoms with Gasteiger partial charge in [0.25, 0.3) is 0 Å². The van der Waals surface area contributed by atoms with Crippen molar-refractivity contribution in [2.24, 2.45) is 0 Å². The third-order valence-corrected chi connectivity index (χ3v) is 5.46. The van der Waals surface area contributed by atoms with Crippen LogP contribution in [0, 0.1) is 0 Å². The Kier molecular flexibility index (Phi) is 4.73. The lowest BCUT2D eigenvalue weighted by Gasteiger charge is -2.29. The van der Waals surface area contributed by atoms with Crippen LogP contribution in [-0.4, -0.2) is 51.7 Å². The standard InChI is InChI=1S/C22H23N5O2/c28-18(6-5-16-15-23-20-4-2-1-3-19(16)20)13-17-14-22(26-9-11-29-12-10-26)27-21(25-17)7-8-24-27/h1-4,7-8,14-15,23H,5-6,9-13H2. The topological polar surface area (TPSA) is 75.5 Å². The zero-order valence-electron chi connectivity index (χ0n) is 16.2. The van der Waals surface area contributed by atoms with Crippen LogP contribution in [0.1, 0.15) is 17.7 Å². The Morgan fingerprint density at radius 2 is 2.03 bits per heavy atom. The van der Waals surface area contributed by atoms with Gasteiger partial charge in [-0.05, 0) is 18.1 Å². The van der Waals surface area contributed by atoms with Crippen LogP contribution in [0.15, 0.2) is 48.8 Å². The highest BCUT2D eigenvalue weighted by molar-refractivity contribution is 5.85. The van der Waals surface area contributed by atoms with E-state index in [2.05, 4.69) is 32.1 Å². The molecule has 4 aromatic rings. The van der Waals surface area contributed by atoms with E-state index in [-0.39, 0.29) is 5.78 Å². The molecule has 7 heteroatoms. The number of carbonyl (C=O) groups excluding carboxylic acids is 1. The highest BCUT2D eigenvalue weighted by Gasteiger charge is 2.17. The van der Waals surface area contributed by atoms with Crippen LogP contribution in [0.2, 0.25) is 0 Å². The molecule has 1 fully saturated rings. The Bertz CT molecular complexity index is 1160. The number of Topliss-reactive ketones (excluding diaryl/α,β-unsaturated/α-hetero) is 1. The van der Waals surface area contributed by atoms with E-state index >= 15 is 0 Å². The Morgan fingerprint density at radius 1 is 1.17 bits per heavy atom. The third kappa shape index (κ3) is 3.61. The molecule has 0 amide bonds. The molecule has 0 radical (unpaired) electrons. The number of hydrogen-bond donors (Lipinski definition) is 1. The van der Waals surface area contributed by atoms with E-state index in [9.17, 15) is 4.79 Å². The molecule has 1 saturated heterocycles. The summed E-state index contributed by atoms with van der Waals surface area (Å²) in [7, 11) is 0. The number of benzene rings is 1. The van der Waals surface area contributed by atoms with E-state index in [4.69, 9.17) is 4.74 Å². The lowest BCUT2D eigenvalue weighted by Crippen LogP contribution is -2.37. The maximum absolute atomic E-state index is 12.7. The number of fused-ring (bicyclic) bond motifs is 2. The smallest absolute Gasteiger partial charge is 0.157 e. The number of hydrogen-bond acceptors (Lipinski definition) is 5. The molecule has 0 atom stereocenters. The van der Waals surface area contributed by atoms with Crippen molar-refractivity contribution in [2.75, 3.05) is 31.2 Å². The zero-order valence-corrected chi connectivity index (χ0v) is 16.2. The average Bonchev–Trinajstić information content (AvgIpc) is 3.39. The number of carbonyl (C=O) groups is 1. The van der Waals surface area contributed by atoms with Crippen LogP contribution in [0.3, 0.4) is 0 Å². The minimum absolute atomic E-state index is 0.194. The summed E-state index contributed by atoms with van der Waals surface area (Å²) in [6, 6.07) is 12.1. The number of anilines is 1. The summed E-state index contributed by atoms with van der Waals surface area (Å²) in [5, 5.41) is 5.59. The fraction of sp³-hybridized carbons (Fsp3) is 0.318. The summed E-state index contributed by atoms with van der Waals surface area (Å²) < 4.78 is 7.30. The first-order valence-corrected chi connectivity index (χ1v) is 10.0. The molecule has 29 heavy (non-hydrogen) atoms. The van der Waals surface area contributed by atoms with E-state index in [1.165, 1.54) is 10.9 Å². The lowest BCUT2D eigenvalue weighted by atomic mass is 10.0. The molecule has 4 heterocycles. The summed E-state index contributed by atoms with van der Waals surface area (Å²) in [4.78, 5) is 22.9. The molecule has 1 aliphatic heterocycles. The number of nitrogens with zero attached hydrogens (tertiary/aromatic N) is 4. The third-order valence-electron chi connectivity index (χ3n) is 5.46. The number of nitrogens with one attached hydrogen (secondary N) is 1. The predicted octanol–water partition coefficient (Wildman–Crippen LogP) is 2.79. The first-order chi connectivity index (χ1) is 14.3. The fourth-order valence-corrected chi connectivity index (χ4v) is 3.96. The number of aromatic nitrogens is 4. The van der Waals surface area contributed by atoms with Crippen LogP contribution in [0.25, 0.3) is 16.6 Å². The maximum atomic E-state index is 12.7. The SMILES string of the molecule is O=C(CCc1c[nH]c2ccccc12)Cc1cc(N2CCOCC2)n2nccc2n1. The monoisotopic (exact) mass is 389 g/mol. The summed E-state index contributed by atoms with van der Waals surface area (Å²) in [5.41, 5.74) is 3.86. The van der Waals surface area contributed by atoms with Crippen molar-refractivity contribution in [3.05, 3.63) is 60.0 Å². The van der Waals surface area contributed by atoms with Gasteiger partial charge >= 0.3 is 0 Å². The van der Waals surface area contributed by atoms with Crippen LogP contribution < -0.4 is 4.90 Å². The molecular weight excluding hydrogens is 366 g/mol. The molecule has 1 aliphatic rings. The van der Waals surface area contributed by atoms with Gasteiger partial charge in [-0.25, -0.2) is 4.98 Å². The second-order valence-corrected chi connectivity index (χ2v) is 7.38. The predicted molar refractivity (Wildman–Crippen MR) is 111 cm³/mol. The first-order valence-electron chi connectivity index (χ1n) is 10.0. The van der Waals surface area contributed by atoms with Crippen LogP contribution in [0.4, 0.5) is 5.82 Å². The normalized spacial score (nSPS) is 14.7. The van der Waals surface area contributed by atoms with E-state index in [1.807, 2.05) is 35.0 Å². The van der Waals surface area contributed by atoms with Gasteiger partial charge in [-0.2, -0.15) is 9.61 Å². The molecule has 7 nitrogen and oxygen atoms in total. The Labute approximate surface area is 168 Å². The molecule has 5 rings (SSSR count). The molecule has 0 bridgehead atoms. The van der Waals surface area contributed by atoms with Gasteiger partial charge in [0.2, 0.25) is 0 Å². The Hall–Kier alpha value is -3.19. The molecular formula is C22H23N5O2. The summed E-state index contributed by atoms with van der Waals surface area (Å²) in [5.74, 6) is 1.17. The lowest BCUT2D eigenvalue weighted by molar-refractivity contribution is -0.118. The van der Waals surface area contributed by atoms with Crippen LogP contribution in [0.5, 0.6) is 0 Å². The molecule has 0 saturated carbocycles. The van der Waals surface area contributed by atoms with E-state index < -0.39 is 0 Å². The summed E-state index contributed by atoms with van der Waals surface area (Å²) >= 11 is 0. The van der Waals surface area contributed by atoms with Gasteiger partial charge in [0.05, 0.1) is 25.1 Å². The second-order valence-electron chi connectivity index (χ2n) is 7.38. The highest BCUT2D eigenvalue weighted by atomic mass is 16.5. The number of morpholine rings is 1. The van der Waals surface area contributed by atoms with E-state index in [1.54, 1.807) is 6.20 Å². The maximum Gasteiger partial charge on any atom is 0.157 e. The van der Waals surface area contributed by atoms with Crippen molar-refractivity contribution in [2.45, 2.75) is 19.3 Å². The van der Waals surface area contributed by atoms with Crippen LogP contribution in [-0.2, 0) is 22.4 Å². The van der Waals surface area contributed by atoms with Gasteiger partial charge < -0.3 is 14.6 Å². The van der Waals surface area contributed by atoms with Gasteiger partial charge in [-0.3, -0.25) is 4.79 Å². The number of rotatable bonds is 6. The van der Waals surface area contributed by atoms with Crippen molar-refractivity contribution in [3.63, 3.8) is 0 Å². The van der Waals surface area contributed by atoms with Crippen molar-refractivity contribution in [1.82, 2.24) is 19.6 Å². The highest BCUT2D eigenvalue weighted by Crippen LogP contribution is 2.21. The number of aromatic amines is 1. The van der Waals surface area contributed by atoms with Gasteiger partial charge in [0, 0.05) is 55.2 Å². The van der Waals surface area contributed by atoms with Gasteiger partial charge in [0.15, 0.2) is 5.65 Å². The Balaban J connectivity index is 1.32. The zero-order chi connectivity index (χ0) is 19.6. The largest absolute Gasteiger partial charge is 0.378 e. The molecule has 1 N–H and O–H groups in total. The van der Waals surface area contributed by atoms with Crippen molar-refractivity contribution >= 4 is 28.2 Å². The summed E-state index contributed by atoms with van der Waals surface area (Å²) in [6.07, 6.45) is 5.32. The average molecular weight is 389 g/mol. The molecule has 148 valence electrons. The number of aryl methyl sites for hydroxylation is 1.